The van der Waals surface area contributed by atoms with Gasteiger partial charge in [0.1, 0.15) is 23.6 Å². The number of hydrogen-bond acceptors (Lipinski definition) is 4. The Balaban J connectivity index is 2.34. The van der Waals surface area contributed by atoms with Gasteiger partial charge in [-0.1, -0.05) is 11.6 Å². The van der Waals surface area contributed by atoms with Crippen molar-refractivity contribution in [2.75, 3.05) is 11.1 Å². The Morgan fingerprint density at radius 1 is 1.12 bits per heavy atom. The molecule has 1 aromatic heterocycles. The monoisotopic (exact) mass is 256 g/mol. The molecule has 0 aliphatic heterocycles. The van der Waals surface area contributed by atoms with Crippen LogP contribution in [0.4, 0.5) is 26.0 Å². The Labute approximate surface area is 100 Å². The number of rotatable bonds is 2. The molecule has 0 spiro atoms. The van der Waals surface area contributed by atoms with Crippen LogP contribution in [0.15, 0.2) is 24.5 Å². The van der Waals surface area contributed by atoms with E-state index >= 15 is 0 Å². The van der Waals surface area contributed by atoms with Gasteiger partial charge in [-0.05, 0) is 12.1 Å². The molecule has 0 fully saturated rings. The van der Waals surface area contributed by atoms with Crippen molar-refractivity contribution in [2.45, 2.75) is 0 Å². The molecule has 1 aromatic carbocycles. The lowest BCUT2D eigenvalue weighted by Crippen LogP contribution is -2.01. The van der Waals surface area contributed by atoms with Crippen molar-refractivity contribution in [3.8, 4) is 0 Å². The van der Waals surface area contributed by atoms with Crippen LogP contribution < -0.4 is 11.1 Å². The first-order valence-electron chi connectivity index (χ1n) is 4.55. The third kappa shape index (κ3) is 2.59. The van der Waals surface area contributed by atoms with Gasteiger partial charge in [0.2, 0.25) is 0 Å². The molecule has 1 heterocycles. The van der Waals surface area contributed by atoms with E-state index in [0.717, 1.165) is 18.2 Å². The fourth-order valence-corrected chi connectivity index (χ4v) is 1.37. The van der Waals surface area contributed by atoms with E-state index in [0.29, 0.717) is 0 Å². The Bertz CT molecular complexity index is 542. The van der Waals surface area contributed by atoms with Gasteiger partial charge in [0.15, 0.2) is 11.0 Å². The molecule has 0 amide bonds. The summed E-state index contributed by atoms with van der Waals surface area (Å²) in [5.74, 6) is -1.22. The zero-order valence-electron chi connectivity index (χ0n) is 8.42. The van der Waals surface area contributed by atoms with Crippen molar-refractivity contribution < 1.29 is 8.78 Å². The number of benzene rings is 1. The minimum absolute atomic E-state index is 0.0689. The van der Waals surface area contributed by atoms with Crippen molar-refractivity contribution in [1.82, 2.24) is 9.97 Å². The largest absolute Gasteiger partial charge is 0.393 e. The van der Waals surface area contributed by atoms with Gasteiger partial charge in [0, 0.05) is 11.8 Å². The van der Waals surface area contributed by atoms with Crippen molar-refractivity contribution in [3.63, 3.8) is 0 Å². The van der Waals surface area contributed by atoms with Crippen LogP contribution in [0.1, 0.15) is 0 Å². The number of anilines is 3. The summed E-state index contributed by atoms with van der Waals surface area (Å²) in [4.78, 5) is 7.47. The minimum atomic E-state index is -0.703. The number of nitrogens with two attached hydrogens (primary N) is 1. The van der Waals surface area contributed by atoms with Gasteiger partial charge in [-0.15, -0.1) is 0 Å². The lowest BCUT2D eigenvalue weighted by molar-refractivity contribution is 0.584. The third-order valence-corrected chi connectivity index (χ3v) is 2.26. The second kappa shape index (κ2) is 4.50. The van der Waals surface area contributed by atoms with Crippen LogP contribution in [0.3, 0.4) is 0 Å². The molecule has 88 valence electrons. The van der Waals surface area contributed by atoms with Crippen LogP contribution in [-0.4, -0.2) is 9.97 Å². The average molecular weight is 257 g/mol. The molecule has 17 heavy (non-hydrogen) atoms. The maximum absolute atomic E-state index is 12.9. The van der Waals surface area contributed by atoms with Crippen molar-refractivity contribution in [3.05, 3.63) is 41.3 Å². The van der Waals surface area contributed by atoms with Gasteiger partial charge >= 0.3 is 0 Å². The fraction of sp³-hybridized carbons (Fsp3) is 0. The number of nitrogen functional groups attached to an aromatic ring is 1. The topological polar surface area (TPSA) is 63.8 Å². The molecule has 0 saturated heterocycles. The predicted molar refractivity (Wildman–Crippen MR) is 61.1 cm³/mol. The molecule has 0 saturated carbocycles. The Morgan fingerprint density at radius 3 is 2.41 bits per heavy atom. The number of aromatic nitrogens is 2. The quantitative estimate of drug-likeness (QED) is 0.811. The number of nitrogens with zero attached hydrogens (tertiary/aromatic N) is 2. The summed E-state index contributed by atoms with van der Waals surface area (Å²) in [6, 6.07) is 2.98. The van der Waals surface area contributed by atoms with Crippen molar-refractivity contribution in [2.24, 2.45) is 0 Å². The molecule has 4 nitrogen and oxygen atoms in total. The van der Waals surface area contributed by atoms with Crippen LogP contribution in [-0.2, 0) is 0 Å². The highest BCUT2D eigenvalue weighted by atomic mass is 35.5. The SMILES string of the molecule is Nc1c(Cl)ncnc1Nc1cc(F)cc(F)c1. The summed E-state index contributed by atoms with van der Waals surface area (Å²) in [5.41, 5.74) is 5.89. The molecule has 0 atom stereocenters. The summed E-state index contributed by atoms with van der Waals surface area (Å²) in [6.07, 6.45) is 1.19. The summed E-state index contributed by atoms with van der Waals surface area (Å²) < 4.78 is 25.9. The lowest BCUT2D eigenvalue weighted by Gasteiger charge is -2.08. The second-order valence-electron chi connectivity index (χ2n) is 3.21. The number of hydrogen-bond donors (Lipinski definition) is 2. The average Bonchev–Trinajstić information content (AvgIpc) is 2.23. The maximum Gasteiger partial charge on any atom is 0.158 e. The van der Waals surface area contributed by atoms with Gasteiger partial charge in [-0.2, -0.15) is 0 Å². The van der Waals surface area contributed by atoms with E-state index in [-0.39, 0.29) is 22.3 Å². The zero-order valence-corrected chi connectivity index (χ0v) is 9.17. The van der Waals surface area contributed by atoms with Gasteiger partial charge in [0.05, 0.1) is 0 Å². The molecule has 2 aromatic rings. The normalized spacial score (nSPS) is 10.3. The Morgan fingerprint density at radius 2 is 1.76 bits per heavy atom. The molecule has 0 aliphatic carbocycles. The van der Waals surface area contributed by atoms with Crippen LogP contribution in [0.5, 0.6) is 0 Å². The van der Waals surface area contributed by atoms with E-state index in [1.807, 2.05) is 0 Å². The minimum Gasteiger partial charge on any atom is -0.393 e. The number of nitrogens with one attached hydrogen (secondary N) is 1. The van der Waals surface area contributed by atoms with E-state index in [4.69, 9.17) is 17.3 Å². The predicted octanol–water partition coefficient (Wildman–Crippen LogP) is 2.73. The van der Waals surface area contributed by atoms with Crippen molar-refractivity contribution in [1.29, 1.82) is 0 Å². The molecule has 7 heteroatoms. The van der Waals surface area contributed by atoms with Crippen LogP contribution >= 0.6 is 11.6 Å². The molecular formula is C10H7ClF2N4. The first-order chi connectivity index (χ1) is 8.06. The summed E-state index contributed by atoms with van der Waals surface area (Å²) in [6.45, 7) is 0. The van der Waals surface area contributed by atoms with Gasteiger partial charge in [-0.25, -0.2) is 18.7 Å². The van der Waals surface area contributed by atoms with Crippen LogP contribution in [0.25, 0.3) is 0 Å². The third-order valence-electron chi connectivity index (χ3n) is 1.96. The van der Waals surface area contributed by atoms with E-state index < -0.39 is 11.6 Å². The lowest BCUT2D eigenvalue weighted by atomic mass is 10.3. The first kappa shape index (κ1) is 11.5. The number of halogens is 3. The molecule has 3 N–H and O–H groups in total. The van der Waals surface area contributed by atoms with E-state index in [1.165, 1.54) is 6.33 Å². The van der Waals surface area contributed by atoms with Gasteiger partial charge in [-0.3, -0.25) is 0 Å². The Hall–Kier alpha value is -1.95. The first-order valence-corrected chi connectivity index (χ1v) is 4.93. The van der Waals surface area contributed by atoms with Crippen LogP contribution in [0, 0.1) is 11.6 Å². The summed E-state index contributed by atoms with van der Waals surface area (Å²) in [5, 5.41) is 2.72. The van der Waals surface area contributed by atoms with Crippen LogP contribution in [0.2, 0.25) is 5.15 Å². The molecule has 0 unspecified atom stereocenters. The molecular weight excluding hydrogens is 250 g/mol. The highest BCUT2D eigenvalue weighted by Crippen LogP contribution is 2.25. The van der Waals surface area contributed by atoms with E-state index in [9.17, 15) is 8.78 Å². The highest BCUT2D eigenvalue weighted by molar-refractivity contribution is 6.32. The molecule has 0 bridgehead atoms. The van der Waals surface area contributed by atoms with Gasteiger partial charge < -0.3 is 11.1 Å². The zero-order chi connectivity index (χ0) is 12.4. The summed E-state index contributed by atoms with van der Waals surface area (Å²) in [7, 11) is 0. The molecule has 2 rings (SSSR count). The van der Waals surface area contributed by atoms with Gasteiger partial charge in [0.25, 0.3) is 0 Å². The fourth-order valence-electron chi connectivity index (χ4n) is 1.24. The Kier molecular flexibility index (Phi) is 3.06. The standard InChI is InChI=1S/C10H7ClF2N4/c11-9-8(14)10(16-4-15-9)17-7-2-5(12)1-6(13)3-7/h1-4H,14H2,(H,15,16,17). The maximum atomic E-state index is 12.9. The van der Waals surface area contributed by atoms with E-state index in [2.05, 4.69) is 15.3 Å². The van der Waals surface area contributed by atoms with Crippen molar-refractivity contribution >= 4 is 28.8 Å². The second-order valence-corrected chi connectivity index (χ2v) is 3.57. The smallest absolute Gasteiger partial charge is 0.158 e. The molecule has 0 radical (unpaired) electrons. The van der Waals surface area contributed by atoms with E-state index in [1.54, 1.807) is 0 Å². The molecule has 0 aliphatic rings. The summed E-state index contributed by atoms with van der Waals surface area (Å²) >= 11 is 5.68. The highest BCUT2D eigenvalue weighted by Gasteiger charge is 2.07.